The van der Waals surface area contributed by atoms with Crippen molar-refractivity contribution >= 4 is 35.1 Å². The van der Waals surface area contributed by atoms with Crippen LogP contribution in [0.1, 0.15) is 44.5 Å². The van der Waals surface area contributed by atoms with E-state index < -0.39 is 11.6 Å². The number of rotatable bonds is 3. The van der Waals surface area contributed by atoms with Gasteiger partial charge in [-0.05, 0) is 23.5 Å². The summed E-state index contributed by atoms with van der Waals surface area (Å²) in [5, 5.41) is 6.66. The third-order valence-corrected chi connectivity index (χ3v) is 5.40. The molecule has 3 amide bonds. The van der Waals surface area contributed by atoms with Crippen LogP contribution >= 0.6 is 23.1 Å². The van der Waals surface area contributed by atoms with Gasteiger partial charge in [0.05, 0.1) is 6.54 Å². The number of amides is 3. The van der Waals surface area contributed by atoms with E-state index in [1.165, 1.54) is 0 Å². The Morgan fingerprint density at radius 3 is 2.40 bits per heavy atom. The average molecular weight is 379 g/mol. The van der Waals surface area contributed by atoms with E-state index in [9.17, 15) is 9.59 Å². The van der Waals surface area contributed by atoms with E-state index in [0.29, 0.717) is 10.0 Å². The molecular formula is C17H19ClN4O2S. The number of hydrogen-bond donors (Lipinski definition) is 1. The fourth-order valence-corrected chi connectivity index (χ4v) is 3.39. The van der Waals surface area contributed by atoms with Gasteiger partial charge in [0.2, 0.25) is 0 Å². The van der Waals surface area contributed by atoms with Crippen molar-refractivity contribution < 1.29 is 9.59 Å². The van der Waals surface area contributed by atoms with E-state index in [-0.39, 0.29) is 17.9 Å². The van der Waals surface area contributed by atoms with Crippen molar-refractivity contribution in [1.29, 1.82) is 0 Å². The molecule has 0 bridgehead atoms. The highest BCUT2D eigenvalue weighted by atomic mass is 35.5. The number of carbonyl (C=O) groups excluding carboxylic acids is 2. The molecule has 8 heteroatoms. The highest BCUT2D eigenvalue weighted by Gasteiger charge is 2.49. The first-order chi connectivity index (χ1) is 11.6. The molecule has 0 spiro atoms. The number of aromatic nitrogens is 2. The van der Waals surface area contributed by atoms with Crippen molar-refractivity contribution in [2.24, 2.45) is 0 Å². The van der Waals surface area contributed by atoms with Crippen molar-refractivity contribution in [3.05, 3.63) is 45.4 Å². The first kappa shape index (κ1) is 17.8. The molecule has 132 valence electrons. The minimum atomic E-state index is -1.11. The predicted octanol–water partition coefficient (Wildman–Crippen LogP) is 3.46. The molecule has 1 aliphatic heterocycles. The summed E-state index contributed by atoms with van der Waals surface area (Å²) in [7, 11) is 0. The lowest BCUT2D eigenvalue weighted by molar-refractivity contribution is -0.131. The van der Waals surface area contributed by atoms with Crippen molar-refractivity contribution in [3.8, 4) is 0 Å². The molecule has 1 aromatic heterocycles. The first-order valence-electron chi connectivity index (χ1n) is 7.85. The Balaban J connectivity index is 1.88. The summed E-state index contributed by atoms with van der Waals surface area (Å²) in [6.45, 7) is 8.09. The van der Waals surface area contributed by atoms with Crippen molar-refractivity contribution in [2.75, 3.05) is 0 Å². The van der Waals surface area contributed by atoms with Gasteiger partial charge in [0, 0.05) is 11.5 Å². The van der Waals surface area contributed by atoms with Crippen LogP contribution in [-0.2, 0) is 22.3 Å². The molecule has 1 N–H and O–H groups in total. The molecule has 1 fully saturated rings. The molecule has 1 aromatic carbocycles. The Kier molecular flexibility index (Phi) is 4.33. The molecule has 25 heavy (non-hydrogen) atoms. The zero-order valence-corrected chi connectivity index (χ0v) is 16.0. The van der Waals surface area contributed by atoms with Crippen LogP contribution in [0.15, 0.2) is 24.3 Å². The number of urea groups is 1. The molecule has 1 unspecified atom stereocenters. The normalized spacial score (nSPS) is 20.9. The highest BCUT2D eigenvalue weighted by molar-refractivity contribution is 7.10. The number of hydrogen-bond acceptors (Lipinski definition) is 5. The zero-order chi connectivity index (χ0) is 18.4. The third kappa shape index (κ3) is 3.14. The van der Waals surface area contributed by atoms with Gasteiger partial charge in [-0.1, -0.05) is 61.1 Å². The lowest BCUT2D eigenvalue weighted by atomic mass is 9.84. The van der Waals surface area contributed by atoms with Gasteiger partial charge in [-0.3, -0.25) is 9.69 Å². The molecule has 6 nitrogen and oxygen atoms in total. The van der Waals surface area contributed by atoms with Crippen LogP contribution in [0.5, 0.6) is 0 Å². The molecule has 0 aliphatic carbocycles. The summed E-state index contributed by atoms with van der Waals surface area (Å²) in [6.07, 6.45) is 0. The number of benzene rings is 1. The maximum Gasteiger partial charge on any atom is 0.325 e. The lowest BCUT2D eigenvalue weighted by Gasteiger charge is -2.24. The minimum Gasteiger partial charge on any atom is -0.319 e. The van der Waals surface area contributed by atoms with E-state index in [1.807, 2.05) is 24.3 Å². The average Bonchev–Trinajstić information content (AvgIpc) is 3.04. The molecular weight excluding hydrogens is 360 g/mol. The van der Waals surface area contributed by atoms with Gasteiger partial charge in [-0.15, -0.1) is 5.10 Å². The maximum absolute atomic E-state index is 12.9. The smallest absolute Gasteiger partial charge is 0.319 e. The Hall–Kier alpha value is -1.99. The SMILES string of the molecule is CC(C)(C)c1ccc(C2(C)NC(=O)N(Cc3nnsc3Cl)C2=O)cc1. The van der Waals surface area contributed by atoms with Gasteiger partial charge in [0.25, 0.3) is 5.91 Å². The first-order valence-corrected chi connectivity index (χ1v) is 9.00. The van der Waals surface area contributed by atoms with Gasteiger partial charge in [0.15, 0.2) is 0 Å². The van der Waals surface area contributed by atoms with Crippen molar-refractivity contribution in [2.45, 2.75) is 45.2 Å². The van der Waals surface area contributed by atoms with Crippen LogP contribution in [0.25, 0.3) is 0 Å². The molecule has 1 atom stereocenters. The molecule has 2 aromatic rings. The second-order valence-electron chi connectivity index (χ2n) is 7.27. The number of carbonyl (C=O) groups is 2. The van der Waals surface area contributed by atoms with Gasteiger partial charge in [0.1, 0.15) is 15.6 Å². The predicted molar refractivity (Wildman–Crippen MR) is 96.5 cm³/mol. The number of nitrogens with one attached hydrogen (secondary N) is 1. The summed E-state index contributed by atoms with van der Waals surface area (Å²) < 4.78 is 4.11. The van der Waals surface area contributed by atoms with E-state index >= 15 is 0 Å². The Bertz CT molecular complexity index is 828. The zero-order valence-electron chi connectivity index (χ0n) is 14.5. The largest absolute Gasteiger partial charge is 0.325 e. The fourth-order valence-electron chi connectivity index (χ4n) is 2.78. The van der Waals surface area contributed by atoms with Crippen LogP contribution in [0.2, 0.25) is 4.34 Å². The van der Waals surface area contributed by atoms with Crippen LogP contribution in [0.4, 0.5) is 4.79 Å². The van der Waals surface area contributed by atoms with Gasteiger partial charge in [-0.2, -0.15) is 0 Å². The second-order valence-corrected chi connectivity index (χ2v) is 8.62. The van der Waals surface area contributed by atoms with E-state index in [4.69, 9.17) is 11.6 Å². The van der Waals surface area contributed by atoms with Crippen LogP contribution < -0.4 is 5.32 Å². The van der Waals surface area contributed by atoms with Crippen LogP contribution in [-0.4, -0.2) is 26.4 Å². The Labute approximate surface area is 155 Å². The summed E-state index contributed by atoms with van der Waals surface area (Å²) in [5.41, 5.74) is 1.23. The summed E-state index contributed by atoms with van der Waals surface area (Å²) in [5.74, 6) is -0.329. The van der Waals surface area contributed by atoms with Crippen LogP contribution in [0.3, 0.4) is 0 Å². The fraction of sp³-hybridized carbons (Fsp3) is 0.412. The van der Waals surface area contributed by atoms with Gasteiger partial charge >= 0.3 is 6.03 Å². The van der Waals surface area contributed by atoms with Gasteiger partial charge in [-0.25, -0.2) is 4.79 Å². The van der Waals surface area contributed by atoms with E-state index in [0.717, 1.165) is 27.6 Å². The third-order valence-electron chi connectivity index (χ3n) is 4.42. The molecule has 3 rings (SSSR count). The quantitative estimate of drug-likeness (QED) is 0.830. The molecule has 1 aliphatic rings. The van der Waals surface area contributed by atoms with Gasteiger partial charge < -0.3 is 5.32 Å². The summed E-state index contributed by atoms with van der Waals surface area (Å²) in [6, 6.07) is 7.30. The maximum atomic E-state index is 12.9. The topological polar surface area (TPSA) is 75.2 Å². The standard InChI is InChI=1S/C17H19ClN4O2S/c1-16(2,3)10-5-7-11(8-6-10)17(4)14(23)22(15(24)19-17)9-12-13(18)25-21-20-12/h5-8H,9H2,1-4H3,(H,19,24). The monoisotopic (exact) mass is 378 g/mol. The molecule has 0 radical (unpaired) electrons. The Morgan fingerprint density at radius 1 is 1.24 bits per heavy atom. The second kappa shape index (κ2) is 6.07. The number of nitrogens with zero attached hydrogens (tertiary/aromatic N) is 3. The Morgan fingerprint density at radius 2 is 1.88 bits per heavy atom. The summed E-state index contributed by atoms with van der Waals surface area (Å²) in [4.78, 5) is 26.4. The number of halogens is 1. The van der Waals surface area contributed by atoms with Crippen LogP contribution in [0, 0.1) is 0 Å². The minimum absolute atomic E-state index is 0.00959. The van der Waals surface area contributed by atoms with E-state index in [2.05, 4.69) is 35.7 Å². The van der Waals surface area contributed by atoms with Crippen molar-refractivity contribution in [1.82, 2.24) is 19.8 Å². The van der Waals surface area contributed by atoms with Crippen molar-refractivity contribution in [3.63, 3.8) is 0 Å². The molecule has 1 saturated heterocycles. The summed E-state index contributed by atoms with van der Waals surface area (Å²) >= 11 is 7.01. The molecule has 2 heterocycles. The number of imide groups is 1. The lowest BCUT2D eigenvalue weighted by Crippen LogP contribution is -2.40. The molecule has 0 saturated carbocycles. The van der Waals surface area contributed by atoms with E-state index in [1.54, 1.807) is 6.92 Å². The highest BCUT2D eigenvalue weighted by Crippen LogP contribution is 2.32.